The van der Waals surface area contributed by atoms with Crippen molar-refractivity contribution < 1.29 is 9.53 Å². The Balaban J connectivity index is 1.52. The summed E-state index contributed by atoms with van der Waals surface area (Å²) in [5.74, 6) is 0.743. The van der Waals surface area contributed by atoms with E-state index in [1.165, 1.54) is 0 Å². The Labute approximate surface area is 168 Å². The van der Waals surface area contributed by atoms with E-state index in [2.05, 4.69) is 10.3 Å². The summed E-state index contributed by atoms with van der Waals surface area (Å²) < 4.78 is 7.24. The molecular weight excluding hydrogens is 374 g/mol. The second-order valence-electron chi connectivity index (χ2n) is 6.93. The average molecular weight is 396 g/mol. The molecule has 6 heteroatoms. The van der Waals surface area contributed by atoms with Crippen molar-refractivity contribution in [2.45, 2.75) is 13.3 Å². The standard InChI is InChI=1S/C22H22ClN3O2/c1-13-17-10-15(23)4-7-20(17)26(2)21(13)22(27)24-9-8-14-12-25-19-6-5-16(28-3)11-18(14)19/h4-7,10-12,25H,8-9H2,1-3H3,(H,24,27). The van der Waals surface area contributed by atoms with Crippen molar-refractivity contribution in [3.05, 3.63) is 64.4 Å². The number of hydrogen-bond acceptors (Lipinski definition) is 2. The molecule has 2 N–H and O–H groups in total. The second kappa shape index (κ2) is 7.24. The summed E-state index contributed by atoms with van der Waals surface area (Å²) in [6, 6.07) is 11.6. The lowest BCUT2D eigenvalue weighted by atomic mass is 10.1. The van der Waals surface area contributed by atoms with Gasteiger partial charge in [0.2, 0.25) is 0 Å². The Kier molecular flexibility index (Phi) is 4.77. The molecule has 0 unspecified atom stereocenters. The number of ether oxygens (including phenoxy) is 1. The highest BCUT2D eigenvalue weighted by Gasteiger charge is 2.18. The number of nitrogens with zero attached hydrogens (tertiary/aromatic N) is 1. The van der Waals surface area contributed by atoms with Crippen molar-refractivity contribution in [2.24, 2.45) is 7.05 Å². The highest BCUT2D eigenvalue weighted by molar-refractivity contribution is 6.31. The topological polar surface area (TPSA) is 59.0 Å². The van der Waals surface area contributed by atoms with Crippen LogP contribution in [0.3, 0.4) is 0 Å². The number of aromatic nitrogens is 2. The molecule has 5 nitrogen and oxygen atoms in total. The van der Waals surface area contributed by atoms with Gasteiger partial charge in [-0.25, -0.2) is 0 Å². The molecule has 0 aliphatic heterocycles. The zero-order valence-corrected chi connectivity index (χ0v) is 16.9. The van der Waals surface area contributed by atoms with Gasteiger partial charge in [-0.2, -0.15) is 0 Å². The average Bonchev–Trinajstić information content (AvgIpc) is 3.20. The predicted molar refractivity (Wildman–Crippen MR) is 114 cm³/mol. The van der Waals surface area contributed by atoms with Gasteiger partial charge in [-0.05, 0) is 60.9 Å². The lowest BCUT2D eigenvalue weighted by Gasteiger charge is -2.08. The molecule has 0 aliphatic carbocycles. The third-order valence-electron chi connectivity index (χ3n) is 5.28. The van der Waals surface area contributed by atoms with Crippen LogP contribution in [-0.2, 0) is 13.5 Å². The number of nitrogens with one attached hydrogen (secondary N) is 2. The summed E-state index contributed by atoms with van der Waals surface area (Å²) in [7, 11) is 3.57. The first-order valence-electron chi connectivity index (χ1n) is 9.16. The van der Waals surface area contributed by atoms with Crippen molar-refractivity contribution in [2.75, 3.05) is 13.7 Å². The lowest BCUT2D eigenvalue weighted by Crippen LogP contribution is -2.28. The van der Waals surface area contributed by atoms with E-state index in [4.69, 9.17) is 16.3 Å². The number of hydrogen-bond donors (Lipinski definition) is 2. The number of carbonyl (C=O) groups excluding carboxylic acids is 1. The number of aryl methyl sites for hydroxylation is 2. The minimum absolute atomic E-state index is 0.0789. The van der Waals surface area contributed by atoms with E-state index in [1.54, 1.807) is 7.11 Å². The molecule has 2 aromatic carbocycles. The Morgan fingerprint density at radius 3 is 2.82 bits per heavy atom. The zero-order valence-electron chi connectivity index (χ0n) is 16.1. The number of rotatable bonds is 5. The summed E-state index contributed by atoms with van der Waals surface area (Å²) in [5, 5.41) is 5.84. The largest absolute Gasteiger partial charge is 0.497 e. The van der Waals surface area contributed by atoms with Crippen molar-refractivity contribution in [1.29, 1.82) is 0 Å². The van der Waals surface area contributed by atoms with E-state index >= 15 is 0 Å². The van der Waals surface area contributed by atoms with Crippen LogP contribution in [0.1, 0.15) is 21.6 Å². The molecule has 144 valence electrons. The molecule has 4 aromatic rings. The monoisotopic (exact) mass is 395 g/mol. The summed E-state index contributed by atoms with van der Waals surface area (Å²) >= 11 is 6.12. The molecule has 0 saturated carbocycles. The minimum Gasteiger partial charge on any atom is -0.497 e. The number of halogens is 1. The van der Waals surface area contributed by atoms with E-state index in [9.17, 15) is 4.79 Å². The second-order valence-corrected chi connectivity index (χ2v) is 7.36. The summed E-state index contributed by atoms with van der Waals surface area (Å²) in [6.07, 6.45) is 2.72. The molecule has 0 aliphatic rings. The van der Waals surface area contributed by atoms with E-state index in [1.807, 2.05) is 61.1 Å². The van der Waals surface area contributed by atoms with Crippen LogP contribution in [0.25, 0.3) is 21.8 Å². The van der Waals surface area contributed by atoms with E-state index < -0.39 is 0 Å². The molecule has 0 bridgehead atoms. The van der Waals surface area contributed by atoms with E-state index in [0.29, 0.717) is 17.3 Å². The fourth-order valence-corrected chi connectivity index (χ4v) is 3.98. The Bertz CT molecular complexity index is 1190. The van der Waals surface area contributed by atoms with Crippen LogP contribution in [0.5, 0.6) is 5.75 Å². The quantitative estimate of drug-likeness (QED) is 0.518. The van der Waals surface area contributed by atoms with Crippen LogP contribution >= 0.6 is 11.6 Å². The molecule has 1 amide bonds. The summed E-state index contributed by atoms with van der Waals surface area (Å²) in [4.78, 5) is 16.1. The van der Waals surface area contributed by atoms with Gasteiger partial charge in [-0.1, -0.05) is 11.6 Å². The Morgan fingerprint density at radius 2 is 2.04 bits per heavy atom. The van der Waals surface area contributed by atoms with Gasteiger partial charge in [-0.3, -0.25) is 4.79 Å². The maximum absolute atomic E-state index is 12.8. The van der Waals surface area contributed by atoms with Gasteiger partial charge in [0.05, 0.1) is 7.11 Å². The van der Waals surface area contributed by atoms with Gasteiger partial charge in [0.1, 0.15) is 11.4 Å². The van der Waals surface area contributed by atoms with Crippen LogP contribution in [0.15, 0.2) is 42.6 Å². The van der Waals surface area contributed by atoms with Gasteiger partial charge in [-0.15, -0.1) is 0 Å². The van der Waals surface area contributed by atoms with Gasteiger partial charge in [0.25, 0.3) is 5.91 Å². The maximum atomic E-state index is 12.8. The molecule has 0 saturated heterocycles. The fraction of sp³-hybridized carbons (Fsp3) is 0.227. The number of amides is 1. The van der Waals surface area contributed by atoms with Gasteiger partial charge < -0.3 is 19.6 Å². The molecule has 0 fully saturated rings. The maximum Gasteiger partial charge on any atom is 0.268 e. The molecule has 28 heavy (non-hydrogen) atoms. The van der Waals surface area contributed by atoms with Crippen molar-refractivity contribution in [3.63, 3.8) is 0 Å². The van der Waals surface area contributed by atoms with Gasteiger partial charge in [0.15, 0.2) is 0 Å². The molecule has 2 heterocycles. The lowest BCUT2D eigenvalue weighted by molar-refractivity contribution is 0.0946. The Morgan fingerprint density at radius 1 is 1.21 bits per heavy atom. The van der Waals surface area contributed by atoms with Crippen LogP contribution in [0.2, 0.25) is 5.02 Å². The number of fused-ring (bicyclic) bond motifs is 2. The van der Waals surface area contributed by atoms with E-state index in [0.717, 1.165) is 45.1 Å². The summed E-state index contributed by atoms with van der Waals surface area (Å²) in [5.41, 5.74) is 4.81. The van der Waals surface area contributed by atoms with Crippen molar-refractivity contribution in [1.82, 2.24) is 14.9 Å². The van der Waals surface area contributed by atoms with Crippen LogP contribution < -0.4 is 10.1 Å². The molecule has 2 aromatic heterocycles. The van der Waals surface area contributed by atoms with Gasteiger partial charge >= 0.3 is 0 Å². The number of benzene rings is 2. The smallest absolute Gasteiger partial charge is 0.268 e. The third kappa shape index (κ3) is 3.12. The normalized spacial score (nSPS) is 11.3. The first-order chi connectivity index (χ1) is 13.5. The molecule has 0 spiro atoms. The van der Waals surface area contributed by atoms with Crippen LogP contribution in [0, 0.1) is 6.92 Å². The number of methoxy groups -OCH3 is 1. The minimum atomic E-state index is -0.0789. The molecule has 0 radical (unpaired) electrons. The van der Waals surface area contributed by atoms with Crippen LogP contribution in [-0.4, -0.2) is 29.1 Å². The van der Waals surface area contributed by atoms with Crippen molar-refractivity contribution in [3.8, 4) is 5.75 Å². The SMILES string of the molecule is COc1ccc2[nH]cc(CCNC(=O)c3c(C)c4cc(Cl)ccc4n3C)c2c1. The predicted octanol–water partition coefficient (Wildman–Crippen LogP) is 4.60. The molecule has 4 rings (SSSR count). The van der Waals surface area contributed by atoms with Crippen LogP contribution in [0.4, 0.5) is 0 Å². The first-order valence-corrected chi connectivity index (χ1v) is 9.54. The summed E-state index contributed by atoms with van der Waals surface area (Å²) in [6.45, 7) is 2.50. The number of carbonyl (C=O) groups is 1. The first kappa shape index (κ1) is 18.4. The highest BCUT2D eigenvalue weighted by atomic mass is 35.5. The molecule has 0 atom stereocenters. The third-order valence-corrected chi connectivity index (χ3v) is 5.52. The van der Waals surface area contributed by atoms with Gasteiger partial charge in [0, 0.05) is 46.6 Å². The Hall–Kier alpha value is -2.92. The fourth-order valence-electron chi connectivity index (χ4n) is 3.81. The van der Waals surface area contributed by atoms with E-state index in [-0.39, 0.29) is 5.91 Å². The number of aromatic amines is 1. The number of H-pyrrole nitrogens is 1. The molecular formula is C22H22ClN3O2. The van der Waals surface area contributed by atoms with Crippen molar-refractivity contribution >= 4 is 39.3 Å². The highest BCUT2D eigenvalue weighted by Crippen LogP contribution is 2.27. The zero-order chi connectivity index (χ0) is 19.8.